The van der Waals surface area contributed by atoms with Crippen molar-refractivity contribution in [2.24, 2.45) is 0 Å². The Morgan fingerprint density at radius 2 is 2.21 bits per heavy atom. The van der Waals surface area contributed by atoms with E-state index in [-0.39, 0.29) is 6.29 Å². The first kappa shape index (κ1) is 14.2. The largest absolute Gasteiger partial charge is 0.374 e. The highest BCUT2D eigenvalue weighted by molar-refractivity contribution is 5.51. The van der Waals surface area contributed by atoms with Gasteiger partial charge in [0.1, 0.15) is 11.9 Å². The molecule has 1 saturated heterocycles. The summed E-state index contributed by atoms with van der Waals surface area (Å²) in [5.41, 5.74) is 0.599. The van der Waals surface area contributed by atoms with Crippen LogP contribution in [0.15, 0.2) is 30.3 Å². The van der Waals surface area contributed by atoms with E-state index in [2.05, 4.69) is 0 Å². The van der Waals surface area contributed by atoms with Gasteiger partial charge in [0.15, 0.2) is 6.29 Å². The third kappa shape index (κ3) is 3.86. The zero-order chi connectivity index (χ0) is 13.6. The van der Waals surface area contributed by atoms with Gasteiger partial charge in [-0.2, -0.15) is 0 Å². The summed E-state index contributed by atoms with van der Waals surface area (Å²) < 4.78 is 16.7. The molecule has 1 aromatic carbocycles. The van der Waals surface area contributed by atoms with Gasteiger partial charge in [-0.25, -0.2) is 0 Å². The molecule has 0 N–H and O–H groups in total. The van der Waals surface area contributed by atoms with E-state index in [0.29, 0.717) is 19.6 Å². The number of rotatable bonds is 7. The molecule has 0 aliphatic carbocycles. The fraction of sp³-hybridized carbons (Fsp3) is 0.533. The Labute approximate surface area is 113 Å². The van der Waals surface area contributed by atoms with Gasteiger partial charge in [0, 0.05) is 20.0 Å². The number of carbonyl (C=O) groups is 1. The van der Waals surface area contributed by atoms with Gasteiger partial charge in [-0.1, -0.05) is 30.3 Å². The van der Waals surface area contributed by atoms with Crippen LogP contribution >= 0.6 is 0 Å². The first-order valence-corrected chi connectivity index (χ1v) is 6.54. The fourth-order valence-corrected chi connectivity index (χ4v) is 2.34. The first-order valence-electron chi connectivity index (χ1n) is 6.54. The molecule has 0 amide bonds. The molecule has 0 bridgehead atoms. The van der Waals surface area contributed by atoms with Crippen molar-refractivity contribution in [3.63, 3.8) is 0 Å². The van der Waals surface area contributed by atoms with Gasteiger partial charge < -0.3 is 19.0 Å². The molecule has 2 rings (SSSR count). The average Bonchev–Trinajstić information content (AvgIpc) is 2.84. The standard InChI is InChI=1S/C15H20O4/c1-17-14-7-8-15(19-14,9-10-16)12-18-11-13-5-3-2-4-6-13/h2-6,10,14H,7-9,11-12H2,1H3/t14-,15+/m1/s1. The molecule has 104 valence electrons. The minimum absolute atomic E-state index is 0.222. The van der Waals surface area contributed by atoms with E-state index in [1.165, 1.54) is 0 Å². The van der Waals surface area contributed by atoms with Gasteiger partial charge in [0.25, 0.3) is 0 Å². The second-order valence-electron chi connectivity index (χ2n) is 4.85. The fourth-order valence-electron chi connectivity index (χ4n) is 2.34. The normalized spacial score (nSPS) is 26.5. The number of aldehydes is 1. The second kappa shape index (κ2) is 6.80. The molecule has 0 aromatic heterocycles. The third-order valence-corrected chi connectivity index (χ3v) is 3.41. The monoisotopic (exact) mass is 264 g/mol. The third-order valence-electron chi connectivity index (χ3n) is 3.41. The molecule has 19 heavy (non-hydrogen) atoms. The van der Waals surface area contributed by atoms with E-state index in [1.807, 2.05) is 30.3 Å². The summed E-state index contributed by atoms with van der Waals surface area (Å²) in [6.45, 7) is 0.947. The predicted molar refractivity (Wildman–Crippen MR) is 70.6 cm³/mol. The summed E-state index contributed by atoms with van der Waals surface area (Å²) >= 11 is 0. The van der Waals surface area contributed by atoms with Gasteiger partial charge in [0.05, 0.1) is 13.2 Å². The highest BCUT2D eigenvalue weighted by Gasteiger charge is 2.40. The summed E-state index contributed by atoms with van der Waals surface area (Å²) in [4.78, 5) is 10.8. The Kier molecular flexibility index (Phi) is 5.07. The van der Waals surface area contributed by atoms with E-state index in [4.69, 9.17) is 14.2 Å². The Morgan fingerprint density at radius 1 is 1.42 bits per heavy atom. The van der Waals surface area contributed by atoms with Crippen LogP contribution in [0.3, 0.4) is 0 Å². The van der Waals surface area contributed by atoms with Crippen LogP contribution in [-0.4, -0.2) is 31.9 Å². The minimum atomic E-state index is -0.517. The highest BCUT2D eigenvalue weighted by Crippen LogP contribution is 2.33. The maximum Gasteiger partial charge on any atom is 0.158 e. The molecule has 1 heterocycles. The molecular weight excluding hydrogens is 244 g/mol. The number of hydrogen-bond acceptors (Lipinski definition) is 4. The number of methoxy groups -OCH3 is 1. The Hall–Kier alpha value is -1.23. The molecule has 0 spiro atoms. The van der Waals surface area contributed by atoms with Gasteiger partial charge in [-0.05, 0) is 12.0 Å². The van der Waals surface area contributed by atoms with Gasteiger partial charge in [-0.15, -0.1) is 0 Å². The van der Waals surface area contributed by atoms with Crippen LogP contribution in [0.5, 0.6) is 0 Å². The molecule has 1 aromatic rings. The zero-order valence-corrected chi connectivity index (χ0v) is 11.2. The maximum atomic E-state index is 10.8. The highest BCUT2D eigenvalue weighted by atomic mass is 16.7. The van der Waals surface area contributed by atoms with Crippen molar-refractivity contribution in [2.75, 3.05) is 13.7 Å². The molecule has 1 fully saturated rings. The smallest absolute Gasteiger partial charge is 0.158 e. The topological polar surface area (TPSA) is 44.8 Å². The summed E-state index contributed by atoms with van der Waals surface area (Å²) in [7, 11) is 1.62. The molecule has 1 aliphatic heterocycles. The molecule has 1 aliphatic rings. The summed E-state index contributed by atoms with van der Waals surface area (Å²) in [5, 5.41) is 0. The number of hydrogen-bond donors (Lipinski definition) is 0. The van der Waals surface area contributed by atoms with Gasteiger partial charge in [-0.3, -0.25) is 0 Å². The minimum Gasteiger partial charge on any atom is -0.374 e. The van der Waals surface area contributed by atoms with E-state index in [9.17, 15) is 4.79 Å². The maximum absolute atomic E-state index is 10.8. The van der Waals surface area contributed by atoms with Crippen LogP contribution in [0.1, 0.15) is 24.8 Å². The van der Waals surface area contributed by atoms with E-state index >= 15 is 0 Å². The van der Waals surface area contributed by atoms with Crippen molar-refractivity contribution in [3.8, 4) is 0 Å². The van der Waals surface area contributed by atoms with Crippen LogP contribution < -0.4 is 0 Å². The summed E-state index contributed by atoms with van der Waals surface area (Å²) in [6.07, 6.45) is 2.61. The molecule has 2 atom stereocenters. The lowest BCUT2D eigenvalue weighted by molar-refractivity contribution is -0.176. The number of benzene rings is 1. The van der Waals surface area contributed by atoms with Crippen molar-refractivity contribution in [1.82, 2.24) is 0 Å². The quantitative estimate of drug-likeness (QED) is 0.709. The van der Waals surface area contributed by atoms with Gasteiger partial charge in [0.2, 0.25) is 0 Å². The van der Waals surface area contributed by atoms with Crippen LogP contribution in [0.4, 0.5) is 0 Å². The van der Waals surface area contributed by atoms with Crippen molar-refractivity contribution < 1.29 is 19.0 Å². The van der Waals surface area contributed by atoms with Crippen molar-refractivity contribution >= 4 is 6.29 Å². The van der Waals surface area contributed by atoms with E-state index in [1.54, 1.807) is 7.11 Å². The second-order valence-corrected chi connectivity index (χ2v) is 4.85. The Balaban J connectivity index is 1.86. The SMILES string of the molecule is CO[C@H]1CC[C@](CC=O)(COCc2ccccc2)O1. The van der Waals surface area contributed by atoms with Crippen LogP contribution in [0, 0.1) is 0 Å². The first-order chi connectivity index (χ1) is 9.28. The van der Waals surface area contributed by atoms with Crippen LogP contribution in [0.2, 0.25) is 0 Å². The lowest BCUT2D eigenvalue weighted by Crippen LogP contribution is -2.35. The summed E-state index contributed by atoms with van der Waals surface area (Å²) in [6, 6.07) is 9.96. The van der Waals surface area contributed by atoms with E-state index < -0.39 is 5.60 Å². The zero-order valence-electron chi connectivity index (χ0n) is 11.2. The van der Waals surface area contributed by atoms with Crippen molar-refractivity contribution in [3.05, 3.63) is 35.9 Å². The molecule has 0 saturated carbocycles. The van der Waals surface area contributed by atoms with Crippen LogP contribution in [-0.2, 0) is 25.6 Å². The average molecular weight is 264 g/mol. The van der Waals surface area contributed by atoms with Crippen molar-refractivity contribution in [1.29, 1.82) is 0 Å². The number of ether oxygens (including phenoxy) is 3. The molecule has 4 heteroatoms. The molecule has 0 unspecified atom stereocenters. The lowest BCUT2D eigenvalue weighted by Gasteiger charge is -2.26. The van der Waals surface area contributed by atoms with E-state index in [0.717, 1.165) is 24.7 Å². The summed E-state index contributed by atoms with van der Waals surface area (Å²) in [5.74, 6) is 0. The van der Waals surface area contributed by atoms with Crippen molar-refractivity contribution in [2.45, 2.75) is 37.8 Å². The lowest BCUT2D eigenvalue weighted by atomic mass is 9.98. The molecule has 4 nitrogen and oxygen atoms in total. The molecule has 0 radical (unpaired) electrons. The van der Waals surface area contributed by atoms with Gasteiger partial charge >= 0.3 is 0 Å². The number of carbonyl (C=O) groups excluding carboxylic acids is 1. The van der Waals surface area contributed by atoms with Crippen LogP contribution in [0.25, 0.3) is 0 Å². The Bertz CT molecular complexity index is 392. The predicted octanol–water partition coefficient (Wildman–Crippen LogP) is 2.31. The molecular formula is C15H20O4. The Morgan fingerprint density at radius 3 is 2.84 bits per heavy atom.